The molecule has 0 aliphatic carbocycles. The van der Waals surface area contributed by atoms with Gasteiger partial charge in [-0.25, -0.2) is 4.79 Å². The Labute approximate surface area is 208 Å². The Hall–Kier alpha value is -4.09. The van der Waals surface area contributed by atoms with Crippen LogP contribution >= 0.6 is 11.6 Å². The van der Waals surface area contributed by atoms with Crippen LogP contribution in [-0.2, 0) is 11.3 Å². The molecule has 0 saturated carbocycles. The minimum atomic E-state index is -1.08. The second-order valence-electron chi connectivity index (χ2n) is 7.70. The van der Waals surface area contributed by atoms with Gasteiger partial charge in [0, 0.05) is 16.1 Å². The molecule has 4 rings (SSSR count). The Balaban J connectivity index is 1.47. The van der Waals surface area contributed by atoms with Gasteiger partial charge in [-0.15, -0.1) is 0 Å². The van der Waals surface area contributed by atoms with E-state index in [1.807, 2.05) is 30.3 Å². The van der Waals surface area contributed by atoms with Crippen molar-refractivity contribution in [2.75, 3.05) is 7.11 Å². The lowest BCUT2D eigenvalue weighted by Gasteiger charge is -2.18. The molecular weight excluding hydrogens is 464 g/mol. The lowest BCUT2D eigenvalue weighted by molar-refractivity contribution is 0.0280. The maximum Gasteiger partial charge on any atom is 0.339 e. The summed E-state index contributed by atoms with van der Waals surface area (Å²) in [5, 5.41) is 0.518. The third kappa shape index (κ3) is 6.08. The number of carbonyl (C=O) groups is 2. The fourth-order valence-corrected chi connectivity index (χ4v) is 3.60. The van der Waals surface area contributed by atoms with E-state index in [1.165, 1.54) is 0 Å². The largest absolute Gasteiger partial charge is 0.493 e. The Bertz CT molecular complexity index is 1280. The summed E-state index contributed by atoms with van der Waals surface area (Å²) in [6, 6.07) is 29.7. The lowest BCUT2D eigenvalue weighted by atomic mass is 9.99. The van der Waals surface area contributed by atoms with Crippen molar-refractivity contribution in [1.82, 2.24) is 0 Å². The summed E-state index contributed by atoms with van der Waals surface area (Å²) in [6.07, 6.45) is -1.08. The van der Waals surface area contributed by atoms with Crippen molar-refractivity contribution in [2.45, 2.75) is 12.7 Å². The number of ketones is 1. The number of methoxy groups -OCH3 is 1. The Morgan fingerprint density at radius 3 is 2.00 bits per heavy atom. The molecule has 35 heavy (non-hydrogen) atoms. The maximum absolute atomic E-state index is 13.2. The van der Waals surface area contributed by atoms with Crippen LogP contribution in [0.25, 0.3) is 0 Å². The summed E-state index contributed by atoms with van der Waals surface area (Å²) in [4.78, 5) is 26.2. The quantitative estimate of drug-likeness (QED) is 0.194. The van der Waals surface area contributed by atoms with Gasteiger partial charge in [0.15, 0.2) is 17.6 Å². The Morgan fingerprint density at radius 1 is 0.743 bits per heavy atom. The van der Waals surface area contributed by atoms with Crippen LogP contribution in [0.3, 0.4) is 0 Å². The van der Waals surface area contributed by atoms with Crippen molar-refractivity contribution in [3.63, 3.8) is 0 Å². The number of halogens is 1. The van der Waals surface area contributed by atoms with E-state index in [0.29, 0.717) is 39.8 Å². The molecule has 0 N–H and O–H groups in total. The average molecular weight is 487 g/mol. The minimum Gasteiger partial charge on any atom is -0.493 e. The van der Waals surface area contributed by atoms with Crippen LogP contribution < -0.4 is 9.47 Å². The molecule has 0 heterocycles. The highest BCUT2D eigenvalue weighted by Gasteiger charge is 2.26. The van der Waals surface area contributed by atoms with Crippen molar-refractivity contribution in [1.29, 1.82) is 0 Å². The van der Waals surface area contributed by atoms with Crippen LogP contribution in [0, 0.1) is 0 Å². The van der Waals surface area contributed by atoms with E-state index < -0.39 is 12.1 Å². The molecule has 4 aromatic rings. The van der Waals surface area contributed by atoms with Crippen molar-refractivity contribution in [2.24, 2.45) is 0 Å². The second-order valence-corrected chi connectivity index (χ2v) is 8.14. The molecule has 0 bridgehead atoms. The standard InChI is InChI=1S/C29H23ClO5/c1-33-25-9-5-6-10-26(25)34-19-20-11-13-23(14-12-20)29(32)35-28(22-7-3-2-4-8-22)27(31)21-15-17-24(30)18-16-21/h2-18,28H,19H2,1H3/t28-/m1/s1. The van der Waals surface area contributed by atoms with Crippen LogP contribution in [0.15, 0.2) is 103 Å². The average Bonchev–Trinajstić information content (AvgIpc) is 2.91. The fraction of sp³-hybridized carbons (Fsp3) is 0.103. The summed E-state index contributed by atoms with van der Waals surface area (Å²) in [7, 11) is 1.59. The van der Waals surface area contributed by atoms with Gasteiger partial charge in [0.2, 0.25) is 5.78 Å². The zero-order valence-corrected chi connectivity index (χ0v) is 19.8. The number of Topliss-reactive ketones (excluding diaryl/α,β-unsaturated/α-hetero) is 1. The predicted octanol–water partition coefficient (Wildman–Crippen LogP) is 6.71. The van der Waals surface area contributed by atoms with E-state index in [1.54, 1.807) is 79.9 Å². The summed E-state index contributed by atoms with van der Waals surface area (Å²) >= 11 is 5.95. The van der Waals surface area contributed by atoms with Crippen molar-refractivity contribution >= 4 is 23.4 Å². The summed E-state index contributed by atoms with van der Waals surface area (Å²) < 4.78 is 16.8. The molecule has 5 nitrogen and oxygen atoms in total. The normalized spacial score (nSPS) is 11.4. The molecule has 0 aromatic heterocycles. The van der Waals surface area contributed by atoms with E-state index in [-0.39, 0.29) is 5.78 Å². The summed E-state index contributed by atoms with van der Waals surface area (Å²) in [5.74, 6) is 0.344. The van der Waals surface area contributed by atoms with Crippen LogP contribution in [0.2, 0.25) is 5.02 Å². The monoisotopic (exact) mass is 486 g/mol. The highest BCUT2D eigenvalue weighted by Crippen LogP contribution is 2.27. The molecule has 0 spiro atoms. The first kappa shape index (κ1) is 24.0. The number of ether oxygens (including phenoxy) is 3. The first-order valence-corrected chi connectivity index (χ1v) is 11.3. The molecule has 176 valence electrons. The number of carbonyl (C=O) groups excluding carboxylic acids is 2. The molecule has 0 saturated heterocycles. The first-order valence-electron chi connectivity index (χ1n) is 11.0. The van der Waals surface area contributed by atoms with Gasteiger partial charge in [-0.05, 0) is 54.1 Å². The number of hydrogen-bond donors (Lipinski definition) is 0. The van der Waals surface area contributed by atoms with E-state index in [0.717, 1.165) is 5.56 Å². The molecule has 6 heteroatoms. The van der Waals surface area contributed by atoms with Gasteiger partial charge in [0.05, 0.1) is 12.7 Å². The Kier molecular flexibility index (Phi) is 7.81. The fourth-order valence-electron chi connectivity index (χ4n) is 3.48. The summed E-state index contributed by atoms with van der Waals surface area (Å²) in [5.41, 5.74) is 2.18. The van der Waals surface area contributed by atoms with Crippen molar-refractivity contribution < 1.29 is 23.8 Å². The highest BCUT2D eigenvalue weighted by molar-refractivity contribution is 6.30. The number of esters is 1. The predicted molar refractivity (Wildman–Crippen MR) is 134 cm³/mol. The molecule has 4 aromatic carbocycles. The third-order valence-electron chi connectivity index (χ3n) is 5.35. The third-order valence-corrected chi connectivity index (χ3v) is 5.60. The van der Waals surface area contributed by atoms with Gasteiger partial charge >= 0.3 is 5.97 Å². The van der Waals surface area contributed by atoms with Crippen molar-refractivity contribution in [3.05, 3.63) is 130 Å². The highest BCUT2D eigenvalue weighted by atomic mass is 35.5. The van der Waals surface area contributed by atoms with E-state index in [4.69, 9.17) is 25.8 Å². The lowest BCUT2D eigenvalue weighted by Crippen LogP contribution is -2.20. The summed E-state index contributed by atoms with van der Waals surface area (Å²) in [6.45, 7) is 0.303. The topological polar surface area (TPSA) is 61.8 Å². The molecule has 0 fully saturated rings. The van der Waals surface area contributed by atoms with Crippen molar-refractivity contribution in [3.8, 4) is 11.5 Å². The molecule has 0 radical (unpaired) electrons. The SMILES string of the molecule is COc1ccccc1OCc1ccc(C(=O)O[C@@H](C(=O)c2ccc(Cl)cc2)c2ccccc2)cc1. The van der Waals surface area contributed by atoms with Crippen LogP contribution in [0.4, 0.5) is 0 Å². The van der Waals surface area contributed by atoms with Gasteiger partial charge in [0.1, 0.15) is 6.61 Å². The molecule has 0 amide bonds. The molecule has 1 atom stereocenters. The van der Waals surface area contributed by atoms with Gasteiger partial charge in [-0.1, -0.05) is 66.2 Å². The van der Waals surface area contributed by atoms with Gasteiger partial charge in [-0.3, -0.25) is 4.79 Å². The van der Waals surface area contributed by atoms with Crippen LogP contribution in [-0.4, -0.2) is 18.9 Å². The van der Waals surface area contributed by atoms with E-state index in [9.17, 15) is 9.59 Å². The zero-order valence-electron chi connectivity index (χ0n) is 19.0. The number of benzene rings is 4. The number of para-hydroxylation sites is 2. The van der Waals surface area contributed by atoms with Gasteiger partial charge in [-0.2, -0.15) is 0 Å². The molecular formula is C29H23ClO5. The minimum absolute atomic E-state index is 0.303. The molecule has 0 unspecified atom stereocenters. The zero-order chi connectivity index (χ0) is 24.6. The number of hydrogen-bond acceptors (Lipinski definition) is 5. The van der Waals surface area contributed by atoms with Gasteiger partial charge in [0.25, 0.3) is 0 Å². The van der Waals surface area contributed by atoms with Crippen LogP contribution in [0.1, 0.15) is 37.9 Å². The first-order chi connectivity index (χ1) is 17.0. The number of rotatable bonds is 9. The smallest absolute Gasteiger partial charge is 0.339 e. The second kappa shape index (κ2) is 11.4. The van der Waals surface area contributed by atoms with Gasteiger partial charge < -0.3 is 14.2 Å². The molecule has 0 aliphatic heterocycles. The van der Waals surface area contributed by atoms with Crippen LogP contribution in [0.5, 0.6) is 11.5 Å². The van der Waals surface area contributed by atoms with E-state index >= 15 is 0 Å². The Morgan fingerprint density at radius 2 is 1.34 bits per heavy atom. The van der Waals surface area contributed by atoms with E-state index in [2.05, 4.69) is 0 Å². The molecule has 0 aliphatic rings. The maximum atomic E-state index is 13.2.